The number of phenolic OH excluding ortho intramolecular Hbond substituents is 1. The fourth-order valence-electron chi connectivity index (χ4n) is 3.21. The first-order chi connectivity index (χ1) is 12.7. The van der Waals surface area contributed by atoms with E-state index in [-0.39, 0.29) is 11.3 Å². The number of para-hydroxylation sites is 2. The molecule has 0 atom stereocenters. The predicted octanol–water partition coefficient (Wildman–Crippen LogP) is 4.37. The minimum Gasteiger partial charge on any atom is -0.504 e. The molecule has 26 heavy (non-hydrogen) atoms. The molecule has 4 aromatic rings. The lowest BCUT2D eigenvalue weighted by molar-refractivity contribution is 0.373. The van der Waals surface area contributed by atoms with Gasteiger partial charge in [0.05, 0.1) is 12.6 Å². The van der Waals surface area contributed by atoms with E-state index >= 15 is 0 Å². The van der Waals surface area contributed by atoms with Crippen LogP contribution in [0.1, 0.15) is 0 Å². The monoisotopic (exact) mass is 343 g/mol. The van der Waals surface area contributed by atoms with E-state index in [1.165, 1.54) is 7.11 Å². The van der Waals surface area contributed by atoms with Crippen LogP contribution in [0.4, 0.5) is 0 Å². The molecule has 0 unspecified atom stereocenters. The van der Waals surface area contributed by atoms with Crippen LogP contribution in [0.25, 0.3) is 27.7 Å². The average molecular weight is 343 g/mol. The number of hydrogen-bond acceptors (Lipinski definition) is 3. The molecule has 0 aliphatic carbocycles. The molecule has 0 saturated carbocycles. The van der Waals surface area contributed by atoms with Gasteiger partial charge >= 0.3 is 0 Å². The van der Waals surface area contributed by atoms with Crippen LogP contribution in [-0.2, 0) is 0 Å². The Morgan fingerprint density at radius 1 is 0.885 bits per heavy atom. The van der Waals surface area contributed by atoms with E-state index in [0.29, 0.717) is 5.75 Å². The number of phenols is 1. The lowest BCUT2D eigenvalue weighted by Gasteiger charge is -2.14. The second-order valence-electron chi connectivity index (χ2n) is 5.97. The minimum atomic E-state index is -0.114. The van der Waals surface area contributed by atoms with E-state index in [1.54, 1.807) is 28.8 Å². The van der Waals surface area contributed by atoms with E-state index in [2.05, 4.69) is 0 Å². The Kier molecular flexibility index (Phi) is 3.93. The highest BCUT2D eigenvalue weighted by molar-refractivity contribution is 5.95. The van der Waals surface area contributed by atoms with Crippen LogP contribution >= 0.6 is 0 Å². The molecule has 0 aliphatic rings. The quantitative estimate of drug-likeness (QED) is 0.601. The van der Waals surface area contributed by atoms with Crippen LogP contribution in [0.3, 0.4) is 0 Å². The molecule has 1 heterocycles. The molecule has 1 aromatic heterocycles. The van der Waals surface area contributed by atoms with Gasteiger partial charge in [0, 0.05) is 17.1 Å². The molecule has 0 spiro atoms. The van der Waals surface area contributed by atoms with Crippen molar-refractivity contribution in [1.82, 2.24) is 4.57 Å². The normalized spacial score (nSPS) is 10.8. The van der Waals surface area contributed by atoms with E-state index in [9.17, 15) is 9.90 Å². The third-order valence-corrected chi connectivity index (χ3v) is 4.43. The summed E-state index contributed by atoms with van der Waals surface area (Å²) in [6, 6.07) is 24.1. The smallest absolute Gasteiger partial charge is 0.256 e. The number of benzene rings is 3. The Labute approximate surface area is 150 Å². The van der Waals surface area contributed by atoms with E-state index < -0.39 is 0 Å². The summed E-state index contributed by atoms with van der Waals surface area (Å²) in [7, 11) is 1.50. The Hall–Kier alpha value is -3.53. The van der Waals surface area contributed by atoms with Crippen LogP contribution in [0, 0.1) is 0 Å². The molecule has 0 bridgehead atoms. The lowest BCUT2D eigenvalue weighted by Crippen LogP contribution is -2.18. The number of aromatic hydroxyl groups is 1. The third kappa shape index (κ3) is 2.62. The molecule has 0 fully saturated rings. The molecule has 4 heteroatoms. The zero-order valence-electron chi connectivity index (χ0n) is 14.2. The Bertz CT molecular complexity index is 1150. The summed E-state index contributed by atoms with van der Waals surface area (Å²) in [6.45, 7) is 0. The van der Waals surface area contributed by atoms with Gasteiger partial charge in [-0.05, 0) is 41.5 Å². The standard InChI is InChI=1S/C22H17NO3/c1-26-21-13-15(11-12-20(21)24)18-14-22(25)23(16-7-3-2-4-8-16)19-10-6-5-9-17(18)19/h2-14,24H,1H3. The second-order valence-corrected chi connectivity index (χ2v) is 5.97. The van der Waals surface area contributed by atoms with Crippen molar-refractivity contribution in [2.24, 2.45) is 0 Å². The van der Waals surface area contributed by atoms with Crippen LogP contribution < -0.4 is 10.3 Å². The number of methoxy groups -OCH3 is 1. The molecule has 0 saturated heterocycles. The van der Waals surface area contributed by atoms with E-state index in [1.807, 2.05) is 54.6 Å². The fraction of sp³-hybridized carbons (Fsp3) is 0.0455. The van der Waals surface area contributed by atoms with Crippen molar-refractivity contribution in [3.8, 4) is 28.3 Å². The van der Waals surface area contributed by atoms with Gasteiger partial charge in [0.25, 0.3) is 5.56 Å². The van der Waals surface area contributed by atoms with Gasteiger partial charge in [-0.25, -0.2) is 0 Å². The number of hydrogen-bond donors (Lipinski definition) is 1. The lowest BCUT2D eigenvalue weighted by atomic mass is 10.0. The topological polar surface area (TPSA) is 51.5 Å². The van der Waals surface area contributed by atoms with Gasteiger partial charge in [0.15, 0.2) is 11.5 Å². The maximum absolute atomic E-state index is 12.9. The van der Waals surface area contributed by atoms with Gasteiger partial charge in [0.2, 0.25) is 0 Å². The number of fused-ring (bicyclic) bond motifs is 1. The van der Waals surface area contributed by atoms with E-state index in [0.717, 1.165) is 27.7 Å². The van der Waals surface area contributed by atoms with Crippen molar-refractivity contribution < 1.29 is 9.84 Å². The number of pyridine rings is 1. The largest absolute Gasteiger partial charge is 0.504 e. The molecule has 1 N–H and O–H groups in total. The highest BCUT2D eigenvalue weighted by Gasteiger charge is 2.13. The van der Waals surface area contributed by atoms with Gasteiger partial charge in [-0.15, -0.1) is 0 Å². The van der Waals surface area contributed by atoms with Crippen LogP contribution in [0.2, 0.25) is 0 Å². The summed E-state index contributed by atoms with van der Waals surface area (Å²) in [5.74, 6) is 0.442. The first-order valence-corrected chi connectivity index (χ1v) is 8.26. The molecule has 0 amide bonds. The number of ether oxygens (including phenoxy) is 1. The summed E-state index contributed by atoms with van der Waals surface area (Å²) in [5.41, 5.74) is 3.15. The predicted molar refractivity (Wildman–Crippen MR) is 103 cm³/mol. The van der Waals surface area contributed by atoms with Crippen molar-refractivity contribution >= 4 is 10.9 Å². The first-order valence-electron chi connectivity index (χ1n) is 8.26. The molecule has 0 aliphatic heterocycles. The maximum Gasteiger partial charge on any atom is 0.256 e. The summed E-state index contributed by atoms with van der Waals surface area (Å²) in [4.78, 5) is 12.9. The maximum atomic E-state index is 12.9. The first kappa shape index (κ1) is 16.0. The average Bonchev–Trinajstić information content (AvgIpc) is 2.68. The van der Waals surface area contributed by atoms with Crippen molar-refractivity contribution in [3.05, 3.63) is 89.2 Å². The molecular weight excluding hydrogens is 326 g/mol. The molecule has 4 nitrogen and oxygen atoms in total. The minimum absolute atomic E-state index is 0.0678. The van der Waals surface area contributed by atoms with Crippen molar-refractivity contribution in [1.29, 1.82) is 0 Å². The van der Waals surface area contributed by atoms with E-state index in [4.69, 9.17) is 4.74 Å². The van der Waals surface area contributed by atoms with Crippen molar-refractivity contribution in [2.45, 2.75) is 0 Å². The zero-order chi connectivity index (χ0) is 18.1. The number of rotatable bonds is 3. The second kappa shape index (κ2) is 6.41. The SMILES string of the molecule is COc1cc(-c2cc(=O)n(-c3ccccc3)c3ccccc23)ccc1O. The van der Waals surface area contributed by atoms with Gasteiger partial charge in [-0.1, -0.05) is 42.5 Å². The van der Waals surface area contributed by atoms with Crippen LogP contribution in [-0.4, -0.2) is 16.8 Å². The third-order valence-electron chi connectivity index (χ3n) is 4.43. The molecule has 0 radical (unpaired) electrons. The molecular formula is C22H17NO3. The summed E-state index contributed by atoms with van der Waals surface area (Å²) < 4.78 is 6.91. The summed E-state index contributed by atoms with van der Waals surface area (Å²) >= 11 is 0. The highest BCUT2D eigenvalue weighted by Crippen LogP contribution is 2.34. The van der Waals surface area contributed by atoms with Gasteiger partial charge in [-0.2, -0.15) is 0 Å². The van der Waals surface area contributed by atoms with Crippen molar-refractivity contribution in [2.75, 3.05) is 7.11 Å². The summed E-state index contributed by atoms with van der Waals surface area (Å²) in [6.07, 6.45) is 0. The van der Waals surface area contributed by atoms with Gasteiger partial charge < -0.3 is 9.84 Å². The fourth-order valence-corrected chi connectivity index (χ4v) is 3.21. The number of aromatic nitrogens is 1. The Balaban J connectivity index is 2.04. The number of nitrogens with zero attached hydrogens (tertiary/aromatic N) is 1. The van der Waals surface area contributed by atoms with Crippen molar-refractivity contribution in [3.63, 3.8) is 0 Å². The molecule has 3 aromatic carbocycles. The Morgan fingerprint density at radius 3 is 2.38 bits per heavy atom. The molecule has 128 valence electrons. The van der Waals surface area contributed by atoms with Crippen LogP contribution in [0.15, 0.2) is 83.7 Å². The van der Waals surface area contributed by atoms with Gasteiger partial charge in [0.1, 0.15) is 0 Å². The highest BCUT2D eigenvalue weighted by atomic mass is 16.5. The summed E-state index contributed by atoms with van der Waals surface area (Å²) in [5, 5.41) is 10.8. The molecule has 4 rings (SSSR count). The van der Waals surface area contributed by atoms with Gasteiger partial charge in [-0.3, -0.25) is 9.36 Å². The van der Waals surface area contributed by atoms with Crippen LogP contribution in [0.5, 0.6) is 11.5 Å². The Morgan fingerprint density at radius 2 is 1.62 bits per heavy atom. The zero-order valence-corrected chi connectivity index (χ0v) is 14.2.